The van der Waals surface area contributed by atoms with Crippen LogP contribution in [-0.2, 0) is 14.3 Å². The van der Waals surface area contributed by atoms with Crippen LogP contribution in [0.3, 0.4) is 0 Å². The number of ether oxygens (including phenoxy) is 2. The maximum Gasteiger partial charge on any atom is 0.335 e. The molecule has 0 aliphatic carbocycles. The molecule has 1 aliphatic rings. The lowest BCUT2D eigenvalue weighted by Crippen LogP contribution is -2.31. The zero-order valence-electron chi connectivity index (χ0n) is 13.0. The molecule has 4 heteroatoms. The van der Waals surface area contributed by atoms with Crippen LogP contribution in [0.2, 0.25) is 0 Å². The minimum atomic E-state index is -0.590. The number of esters is 1. The lowest BCUT2D eigenvalue weighted by atomic mass is 10.0. The average molecular weight is 297 g/mol. The first-order valence-corrected chi connectivity index (χ1v) is 7.36. The Morgan fingerprint density at radius 3 is 2.68 bits per heavy atom. The van der Waals surface area contributed by atoms with Crippen LogP contribution in [0.25, 0.3) is 10.8 Å². The van der Waals surface area contributed by atoms with Gasteiger partial charge in [-0.05, 0) is 37.6 Å². The number of fused-ring (bicyclic) bond motifs is 1. The van der Waals surface area contributed by atoms with Gasteiger partial charge >= 0.3 is 5.97 Å². The van der Waals surface area contributed by atoms with Crippen molar-refractivity contribution >= 4 is 22.6 Å². The standard InChI is InChI=1S/C18H19NO3/c1-18(2,3)22-17(20)15-11-21-16(19-15)14-10-6-8-12-7-4-5-9-13(12)14/h4-10,15H,11H2,1-3H3/t15-/m0/s1. The number of carbonyl (C=O) groups is 1. The number of carbonyl (C=O) groups excluding carboxylic acids is 1. The molecule has 114 valence electrons. The molecule has 1 heterocycles. The van der Waals surface area contributed by atoms with Crippen molar-refractivity contribution in [1.29, 1.82) is 0 Å². The summed E-state index contributed by atoms with van der Waals surface area (Å²) in [6, 6.07) is 13.4. The normalized spacial score (nSPS) is 18.0. The topological polar surface area (TPSA) is 47.9 Å². The Morgan fingerprint density at radius 2 is 1.91 bits per heavy atom. The van der Waals surface area contributed by atoms with Crippen LogP contribution in [0, 0.1) is 0 Å². The van der Waals surface area contributed by atoms with Crippen molar-refractivity contribution in [2.45, 2.75) is 32.4 Å². The van der Waals surface area contributed by atoms with E-state index in [0.717, 1.165) is 16.3 Å². The molecule has 0 N–H and O–H groups in total. The highest BCUT2D eigenvalue weighted by atomic mass is 16.6. The minimum Gasteiger partial charge on any atom is -0.475 e. The molecule has 0 amide bonds. The Morgan fingerprint density at radius 1 is 1.18 bits per heavy atom. The maximum absolute atomic E-state index is 12.1. The van der Waals surface area contributed by atoms with E-state index in [0.29, 0.717) is 5.90 Å². The summed E-state index contributed by atoms with van der Waals surface area (Å²) in [7, 11) is 0. The predicted octanol–water partition coefficient (Wildman–Crippen LogP) is 3.33. The van der Waals surface area contributed by atoms with Gasteiger partial charge in [-0.2, -0.15) is 0 Å². The molecule has 0 saturated carbocycles. The summed E-state index contributed by atoms with van der Waals surface area (Å²) in [6.07, 6.45) is 0. The van der Waals surface area contributed by atoms with Crippen LogP contribution in [0.4, 0.5) is 0 Å². The lowest BCUT2D eigenvalue weighted by molar-refractivity contribution is -0.156. The van der Waals surface area contributed by atoms with E-state index in [1.54, 1.807) is 0 Å². The van der Waals surface area contributed by atoms with E-state index in [4.69, 9.17) is 9.47 Å². The summed E-state index contributed by atoms with van der Waals surface area (Å²) in [5, 5.41) is 2.18. The average Bonchev–Trinajstić information content (AvgIpc) is 2.94. The lowest BCUT2D eigenvalue weighted by Gasteiger charge is -2.20. The largest absolute Gasteiger partial charge is 0.475 e. The molecule has 0 saturated heterocycles. The fourth-order valence-electron chi connectivity index (χ4n) is 2.42. The Bertz CT molecular complexity index is 738. The summed E-state index contributed by atoms with van der Waals surface area (Å²) < 4.78 is 11.0. The van der Waals surface area contributed by atoms with Crippen molar-refractivity contribution in [2.24, 2.45) is 4.99 Å². The quantitative estimate of drug-likeness (QED) is 0.799. The third-order valence-corrected chi connectivity index (χ3v) is 3.35. The number of rotatable bonds is 2. The molecule has 0 bridgehead atoms. The number of aliphatic imine (C=N–C) groups is 1. The maximum atomic E-state index is 12.1. The van der Waals surface area contributed by atoms with Crippen LogP contribution in [0.1, 0.15) is 26.3 Å². The third-order valence-electron chi connectivity index (χ3n) is 3.35. The van der Waals surface area contributed by atoms with Crippen molar-refractivity contribution in [3.63, 3.8) is 0 Å². The summed E-state index contributed by atoms with van der Waals surface area (Å²) in [6.45, 7) is 5.76. The van der Waals surface area contributed by atoms with Gasteiger partial charge in [0.05, 0.1) is 0 Å². The van der Waals surface area contributed by atoms with Gasteiger partial charge in [0.25, 0.3) is 0 Å². The van der Waals surface area contributed by atoms with E-state index >= 15 is 0 Å². The van der Waals surface area contributed by atoms with E-state index in [1.807, 2.05) is 63.2 Å². The molecular weight excluding hydrogens is 278 g/mol. The molecule has 0 fully saturated rings. The molecule has 1 atom stereocenters. The summed E-state index contributed by atoms with van der Waals surface area (Å²) in [5.41, 5.74) is 0.388. The van der Waals surface area contributed by atoms with Gasteiger partial charge in [0.1, 0.15) is 12.2 Å². The van der Waals surface area contributed by atoms with Crippen molar-refractivity contribution < 1.29 is 14.3 Å². The fraction of sp³-hybridized carbons (Fsp3) is 0.333. The molecular formula is C18H19NO3. The van der Waals surface area contributed by atoms with E-state index in [9.17, 15) is 4.79 Å². The summed E-state index contributed by atoms with van der Waals surface area (Å²) >= 11 is 0. The van der Waals surface area contributed by atoms with Crippen molar-refractivity contribution in [3.8, 4) is 0 Å². The summed E-state index contributed by atoms with van der Waals surface area (Å²) in [4.78, 5) is 16.5. The Labute approximate surface area is 129 Å². The minimum absolute atomic E-state index is 0.230. The molecule has 0 spiro atoms. The van der Waals surface area contributed by atoms with Gasteiger partial charge in [0.2, 0.25) is 5.90 Å². The number of hydrogen-bond donors (Lipinski definition) is 0. The molecule has 3 rings (SSSR count). The van der Waals surface area contributed by atoms with Gasteiger partial charge in [-0.1, -0.05) is 36.4 Å². The molecule has 0 aromatic heterocycles. The van der Waals surface area contributed by atoms with Gasteiger partial charge in [-0.15, -0.1) is 0 Å². The molecule has 2 aromatic carbocycles. The smallest absolute Gasteiger partial charge is 0.335 e. The first kappa shape index (κ1) is 14.6. The number of benzene rings is 2. The van der Waals surface area contributed by atoms with Gasteiger partial charge in [-0.3, -0.25) is 0 Å². The van der Waals surface area contributed by atoms with Crippen molar-refractivity contribution in [1.82, 2.24) is 0 Å². The zero-order chi connectivity index (χ0) is 15.7. The second kappa shape index (κ2) is 5.44. The fourth-order valence-corrected chi connectivity index (χ4v) is 2.42. The first-order valence-electron chi connectivity index (χ1n) is 7.36. The van der Waals surface area contributed by atoms with Gasteiger partial charge in [-0.25, -0.2) is 9.79 Å². The van der Waals surface area contributed by atoms with E-state index in [-0.39, 0.29) is 12.6 Å². The van der Waals surface area contributed by atoms with E-state index < -0.39 is 11.6 Å². The monoisotopic (exact) mass is 297 g/mol. The second-order valence-corrected chi connectivity index (χ2v) is 6.32. The number of hydrogen-bond acceptors (Lipinski definition) is 4. The first-order chi connectivity index (χ1) is 10.4. The van der Waals surface area contributed by atoms with Crippen molar-refractivity contribution in [3.05, 3.63) is 48.0 Å². The highest BCUT2D eigenvalue weighted by Gasteiger charge is 2.31. The van der Waals surface area contributed by atoms with Gasteiger partial charge in [0.15, 0.2) is 6.04 Å². The van der Waals surface area contributed by atoms with Gasteiger partial charge in [0, 0.05) is 5.56 Å². The van der Waals surface area contributed by atoms with Crippen LogP contribution in [-0.4, -0.2) is 30.1 Å². The highest BCUT2D eigenvalue weighted by molar-refractivity contribution is 6.08. The van der Waals surface area contributed by atoms with Crippen LogP contribution in [0.5, 0.6) is 0 Å². The predicted molar refractivity (Wildman–Crippen MR) is 86.1 cm³/mol. The number of nitrogens with zero attached hydrogens (tertiary/aromatic N) is 1. The Balaban J connectivity index is 1.89. The van der Waals surface area contributed by atoms with Crippen LogP contribution < -0.4 is 0 Å². The second-order valence-electron chi connectivity index (χ2n) is 6.32. The van der Waals surface area contributed by atoms with Gasteiger partial charge < -0.3 is 9.47 Å². The molecule has 0 unspecified atom stereocenters. The van der Waals surface area contributed by atoms with Crippen molar-refractivity contribution in [2.75, 3.05) is 6.61 Å². The Hall–Kier alpha value is -2.36. The Kier molecular flexibility index (Phi) is 3.61. The SMILES string of the molecule is CC(C)(C)OC(=O)[C@@H]1COC(c2cccc3ccccc23)=N1. The third kappa shape index (κ3) is 2.96. The van der Waals surface area contributed by atoms with E-state index in [2.05, 4.69) is 4.99 Å². The van der Waals surface area contributed by atoms with E-state index in [1.165, 1.54) is 0 Å². The summed E-state index contributed by atoms with van der Waals surface area (Å²) in [5.74, 6) is 0.162. The van der Waals surface area contributed by atoms with Crippen LogP contribution >= 0.6 is 0 Å². The zero-order valence-corrected chi connectivity index (χ0v) is 13.0. The molecule has 22 heavy (non-hydrogen) atoms. The molecule has 2 aromatic rings. The molecule has 1 aliphatic heterocycles. The molecule has 4 nitrogen and oxygen atoms in total. The van der Waals surface area contributed by atoms with Crippen LogP contribution in [0.15, 0.2) is 47.5 Å². The molecule has 0 radical (unpaired) electrons. The highest BCUT2D eigenvalue weighted by Crippen LogP contribution is 2.23.